The summed E-state index contributed by atoms with van der Waals surface area (Å²) in [6, 6.07) is 0. The smallest absolute Gasteiger partial charge is 0.335 e. The Morgan fingerprint density at radius 3 is 2.05 bits per heavy atom. The van der Waals surface area contributed by atoms with Crippen LogP contribution in [0.1, 0.15) is 113 Å². The van der Waals surface area contributed by atoms with Gasteiger partial charge < -0.3 is 59.8 Å². The van der Waals surface area contributed by atoms with E-state index < -0.39 is 96.9 Å². The maximum Gasteiger partial charge on any atom is 0.335 e. The van der Waals surface area contributed by atoms with Gasteiger partial charge in [-0.15, -0.1) is 0 Å². The van der Waals surface area contributed by atoms with Gasteiger partial charge in [0.25, 0.3) is 0 Å². The van der Waals surface area contributed by atoms with Gasteiger partial charge in [0.1, 0.15) is 42.7 Å². The minimum absolute atomic E-state index is 0.0231. The molecule has 2 aliphatic heterocycles. The van der Waals surface area contributed by atoms with Gasteiger partial charge in [-0.1, -0.05) is 60.1 Å². The van der Waals surface area contributed by atoms with Crippen LogP contribution >= 0.6 is 0 Å². The Kier molecular flexibility index (Phi) is 10.8. The molecule has 5 aliphatic carbocycles. The molecule has 0 radical (unpaired) electrons. The van der Waals surface area contributed by atoms with Crippen LogP contribution in [0.25, 0.3) is 0 Å². The summed E-state index contributed by atoms with van der Waals surface area (Å²) >= 11 is 0. The average Bonchev–Trinajstić information content (AvgIpc) is 3.11. The van der Waals surface area contributed by atoms with Crippen molar-refractivity contribution in [2.45, 2.75) is 180 Å². The van der Waals surface area contributed by atoms with Crippen LogP contribution in [-0.4, -0.2) is 127 Å². The molecule has 0 amide bonds. The van der Waals surface area contributed by atoms with Crippen LogP contribution in [-0.2, 0) is 28.5 Å². The van der Waals surface area contributed by atoms with Crippen LogP contribution in [0.15, 0.2) is 11.6 Å². The molecule has 6 fully saturated rings. The van der Waals surface area contributed by atoms with Gasteiger partial charge >= 0.3 is 11.9 Å². The van der Waals surface area contributed by atoms with E-state index in [4.69, 9.17) is 18.9 Å². The van der Waals surface area contributed by atoms with Crippen molar-refractivity contribution in [1.29, 1.82) is 0 Å². The van der Waals surface area contributed by atoms with Crippen LogP contribution in [0.4, 0.5) is 0 Å². The van der Waals surface area contributed by atoms with Crippen LogP contribution in [0.2, 0.25) is 0 Å². The average molecular weight is 795 g/mol. The maximum absolute atomic E-state index is 13.0. The molecule has 2 saturated heterocycles. The van der Waals surface area contributed by atoms with Crippen molar-refractivity contribution in [3.63, 3.8) is 0 Å². The standard InChI is InChI=1S/C42H66O14/c1-37(2)14-16-42(36(51)52)17-15-40(6)20(21(42)18-37)8-9-24-39(5)12-11-25(38(3,4)23(39)10-13-41(24,40)7)54-35-30(48)31(29(47)32(56-35)33(49)50)55-34-28(46)27(45)26(44)22(19-43)53-34/h8,21-32,34-35,43-48H,9-19H2,1-7H3,(H,49,50)(H,51,52)/t21?,22-,23?,24?,25+,26-,27+,28-,29+,30-,31+,32+,34+,35-,39?,40?,41?,42?/m1/s1. The first-order valence-corrected chi connectivity index (χ1v) is 20.8. The molecular weight excluding hydrogens is 728 g/mol. The minimum atomic E-state index is -1.93. The van der Waals surface area contributed by atoms with E-state index >= 15 is 0 Å². The summed E-state index contributed by atoms with van der Waals surface area (Å²) in [4.78, 5) is 25.4. The second kappa shape index (κ2) is 14.2. The highest BCUT2D eigenvalue weighted by Gasteiger charge is 2.69. The van der Waals surface area contributed by atoms with Crippen LogP contribution in [0.5, 0.6) is 0 Å². The highest BCUT2D eigenvalue weighted by molar-refractivity contribution is 5.76. The molecular formula is C42H66O14. The van der Waals surface area contributed by atoms with Gasteiger partial charge in [0.05, 0.1) is 18.1 Å². The molecule has 56 heavy (non-hydrogen) atoms. The third-order valence-electron chi connectivity index (χ3n) is 17.2. The molecule has 8 N–H and O–H groups in total. The van der Waals surface area contributed by atoms with Gasteiger partial charge in [0.15, 0.2) is 18.7 Å². The number of hydrogen-bond acceptors (Lipinski definition) is 12. The quantitative estimate of drug-likeness (QED) is 0.137. The molecule has 7 aliphatic rings. The Morgan fingerprint density at radius 1 is 0.750 bits per heavy atom. The van der Waals surface area contributed by atoms with E-state index in [-0.39, 0.29) is 33.5 Å². The predicted molar refractivity (Wildman–Crippen MR) is 198 cm³/mol. The third kappa shape index (κ3) is 6.17. The highest BCUT2D eigenvalue weighted by Crippen LogP contribution is 2.76. The second-order valence-corrected chi connectivity index (χ2v) is 20.7. The molecule has 2 heterocycles. The van der Waals surface area contributed by atoms with E-state index in [1.165, 1.54) is 5.57 Å². The van der Waals surface area contributed by atoms with Crippen molar-refractivity contribution in [2.24, 2.45) is 50.2 Å². The molecule has 318 valence electrons. The highest BCUT2D eigenvalue weighted by atomic mass is 16.7. The molecule has 0 spiro atoms. The number of carbonyl (C=O) groups is 2. The van der Waals surface area contributed by atoms with Crippen molar-refractivity contribution in [3.8, 4) is 0 Å². The van der Waals surface area contributed by atoms with Crippen molar-refractivity contribution in [2.75, 3.05) is 6.61 Å². The lowest BCUT2D eigenvalue weighted by Gasteiger charge is -2.71. The third-order valence-corrected chi connectivity index (χ3v) is 17.2. The lowest BCUT2D eigenvalue weighted by atomic mass is 9.33. The SMILES string of the molecule is CC1(C)CCC2(C(=O)O)CCC3(C)C(=CCC4C5(C)CC[C@H](O[C@@H]6O[C@H](C(=O)O)[C@@H](O)[C@H](O[C@@H]7O[C@H](CO)[C@@H](O)[C@H](O)[C@H]7O)[C@H]6O)C(C)(C)C5CCC43C)C2C1. The van der Waals surface area contributed by atoms with E-state index in [1.54, 1.807) is 0 Å². The number of aliphatic hydroxyl groups is 6. The zero-order valence-corrected chi connectivity index (χ0v) is 34.0. The second-order valence-electron chi connectivity index (χ2n) is 20.7. The normalized spacial score (nSPS) is 52.3. The zero-order chi connectivity index (χ0) is 41.1. The summed E-state index contributed by atoms with van der Waals surface area (Å²) < 4.78 is 23.5. The number of aliphatic hydroxyl groups excluding tert-OH is 6. The first-order chi connectivity index (χ1) is 26.0. The van der Waals surface area contributed by atoms with E-state index in [0.717, 1.165) is 51.4 Å². The van der Waals surface area contributed by atoms with Crippen molar-refractivity contribution in [1.82, 2.24) is 0 Å². The van der Waals surface area contributed by atoms with Crippen molar-refractivity contribution < 1.29 is 69.4 Å². The lowest BCUT2D eigenvalue weighted by Crippen LogP contribution is -2.67. The molecule has 18 atom stereocenters. The Bertz CT molecular complexity index is 1560. The van der Waals surface area contributed by atoms with Gasteiger partial charge in [-0.25, -0.2) is 4.79 Å². The van der Waals surface area contributed by atoms with Gasteiger partial charge in [-0.3, -0.25) is 4.79 Å². The summed E-state index contributed by atoms with van der Waals surface area (Å²) in [5, 5.41) is 84.1. The van der Waals surface area contributed by atoms with E-state index in [1.807, 2.05) is 0 Å². The number of ether oxygens (including phenoxy) is 4. The van der Waals surface area contributed by atoms with Crippen LogP contribution in [0, 0.1) is 50.2 Å². The first-order valence-electron chi connectivity index (χ1n) is 20.8. The number of fused-ring (bicyclic) bond motifs is 7. The van der Waals surface area contributed by atoms with E-state index in [2.05, 4.69) is 54.5 Å². The number of hydrogen-bond donors (Lipinski definition) is 8. The number of rotatable bonds is 7. The minimum Gasteiger partial charge on any atom is -0.481 e. The Labute approximate surface area is 329 Å². The van der Waals surface area contributed by atoms with Gasteiger partial charge in [0, 0.05) is 0 Å². The Morgan fingerprint density at radius 2 is 1.41 bits per heavy atom. The van der Waals surface area contributed by atoms with Crippen molar-refractivity contribution in [3.05, 3.63) is 11.6 Å². The summed E-state index contributed by atoms with van der Waals surface area (Å²) in [7, 11) is 0. The topological polar surface area (TPSA) is 233 Å². The largest absolute Gasteiger partial charge is 0.481 e. The summed E-state index contributed by atoms with van der Waals surface area (Å²) in [6.07, 6.45) is -7.02. The summed E-state index contributed by atoms with van der Waals surface area (Å²) in [5.41, 5.74) is -0.0185. The van der Waals surface area contributed by atoms with Gasteiger partial charge in [-0.2, -0.15) is 0 Å². The molecule has 0 aromatic rings. The fourth-order valence-electron chi connectivity index (χ4n) is 13.7. The molecule has 7 rings (SSSR count). The molecule has 14 nitrogen and oxygen atoms in total. The molecule has 4 saturated carbocycles. The van der Waals surface area contributed by atoms with Crippen LogP contribution in [0.3, 0.4) is 0 Å². The maximum atomic E-state index is 13.0. The Hall–Kier alpha value is -1.72. The fraction of sp³-hybridized carbons (Fsp3) is 0.905. The molecule has 0 aromatic carbocycles. The number of allylic oxidation sites excluding steroid dienone is 2. The number of carboxylic acids is 2. The lowest BCUT2D eigenvalue weighted by molar-refractivity contribution is -0.365. The van der Waals surface area contributed by atoms with Gasteiger partial charge in [-0.05, 0) is 109 Å². The molecule has 0 bridgehead atoms. The van der Waals surface area contributed by atoms with Crippen LogP contribution < -0.4 is 0 Å². The predicted octanol–water partition coefficient (Wildman–Crippen LogP) is 2.97. The summed E-state index contributed by atoms with van der Waals surface area (Å²) in [5.74, 6) is -1.64. The molecule has 7 unspecified atom stereocenters. The number of carboxylic acid groups (broad SMARTS) is 2. The zero-order valence-electron chi connectivity index (χ0n) is 34.0. The molecule has 14 heteroatoms. The van der Waals surface area contributed by atoms with E-state index in [0.29, 0.717) is 18.8 Å². The van der Waals surface area contributed by atoms with Crippen molar-refractivity contribution >= 4 is 11.9 Å². The van der Waals surface area contributed by atoms with E-state index in [9.17, 15) is 50.4 Å². The Balaban J connectivity index is 1.13. The van der Waals surface area contributed by atoms with Gasteiger partial charge in [0.2, 0.25) is 0 Å². The summed E-state index contributed by atoms with van der Waals surface area (Å²) in [6.45, 7) is 15.4. The fourth-order valence-corrected chi connectivity index (χ4v) is 13.7. The molecule has 0 aromatic heterocycles. The number of aliphatic carboxylic acids is 2. The first kappa shape index (κ1) is 42.4. The monoisotopic (exact) mass is 794 g/mol.